The van der Waals surface area contributed by atoms with Gasteiger partial charge in [0, 0.05) is 6.54 Å². The monoisotopic (exact) mass is 370 g/mol. The third-order valence-corrected chi connectivity index (χ3v) is 3.60. The lowest BCUT2D eigenvalue weighted by Crippen LogP contribution is -2.43. The normalized spacial score (nSPS) is 12.3. The van der Waals surface area contributed by atoms with Gasteiger partial charge in [0.15, 0.2) is 0 Å². The van der Waals surface area contributed by atoms with E-state index >= 15 is 0 Å². The van der Waals surface area contributed by atoms with Crippen molar-refractivity contribution < 1.29 is 27.9 Å². The van der Waals surface area contributed by atoms with Crippen molar-refractivity contribution in [3.8, 4) is 0 Å². The van der Waals surface area contributed by atoms with E-state index in [1.165, 1.54) is 10.8 Å². The van der Waals surface area contributed by atoms with E-state index in [1.807, 2.05) is 38.1 Å². The van der Waals surface area contributed by atoms with Crippen LogP contribution in [0.3, 0.4) is 0 Å². The molecule has 26 heavy (non-hydrogen) atoms. The minimum absolute atomic E-state index is 0.0945. The van der Waals surface area contributed by atoms with Crippen LogP contribution < -0.4 is 11.1 Å². The number of fused-ring (bicyclic) bond motifs is 1. The molecule has 8 heteroatoms. The molecule has 0 heterocycles. The summed E-state index contributed by atoms with van der Waals surface area (Å²) >= 11 is 0. The Morgan fingerprint density at radius 3 is 2.19 bits per heavy atom. The molecule has 4 N–H and O–H groups in total. The number of rotatable bonds is 4. The van der Waals surface area contributed by atoms with Crippen LogP contribution in [0.5, 0.6) is 0 Å². The van der Waals surface area contributed by atoms with Gasteiger partial charge in [-0.3, -0.25) is 4.79 Å². The van der Waals surface area contributed by atoms with Gasteiger partial charge >= 0.3 is 12.1 Å². The number of aliphatic carboxylic acids is 1. The zero-order valence-corrected chi connectivity index (χ0v) is 14.4. The minimum atomic E-state index is -5.08. The molecule has 1 atom stereocenters. The second-order valence-electron chi connectivity index (χ2n) is 5.93. The van der Waals surface area contributed by atoms with E-state index in [1.54, 1.807) is 0 Å². The van der Waals surface area contributed by atoms with Gasteiger partial charge in [0.25, 0.3) is 0 Å². The van der Waals surface area contributed by atoms with E-state index in [2.05, 4.69) is 23.5 Å². The Balaban J connectivity index is 0.000000412. The molecule has 0 saturated carbocycles. The second-order valence-corrected chi connectivity index (χ2v) is 5.93. The number of nitrogens with one attached hydrogen (secondary N) is 1. The van der Waals surface area contributed by atoms with Gasteiger partial charge in [-0.05, 0) is 22.3 Å². The number of alkyl halides is 3. The van der Waals surface area contributed by atoms with Gasteiger partial charge in [-0.2, -0.15) is 13.2 Å². The van der Waals surface area contributed by atoms with Crippen LogP contribution in [0.25, 0.3) is 10.8 Å². The molecule has 0 bridgehead atoms. The molecular formula is C18H21F3N2O3. The molecule has 1 unspecified atom stereocenters. The van der Waals surface area contributed by atoms with Gasteiger partial charge in [0.05, 0.1) is 6.04 Å². The van der Waals surface area contributed by atoms with Crippen molar-refractivity contribution in [1.29, 1.82) is 0 Å². The van der Waals surface area contributed by atoms with Gasteiger partial charge in [-0.15, -0.1) is 0 Å². The molecule has 0 spiro atoms. The summed E-state index contributed by atoms with van der Waals surface area (Å²) < 4.78 is 31.7. The van der Waals surface area contributed by atoms with Crippen LogP contribution in [0.4, 0.5) is 13.2 Å². The van der Waals surface area contributed by atoms with Crippen molar-refractivity contribution in [3.63, 3.8) is 0 Å². The number of carboxylic acids is 1. The molecule has 0 aliphatic rings. The summed E-state index contributed by atoms with van der Waals surface area (Å²) in [5, 5.41) is 12.4. The number of carbonyl (C=O) groups is 2. The van der Waals surface area contributed by atoms with E-state index in [0.717, 1.165) is 5.56 Å². The molecule has 142 valence electrons. The maximum absolute atomic E-state index is 11.9. The van der Waals surface area contributed by atoms with Crippen molar-refractivity contribution >= 4 is 22.6 Å². The number of carbonyl (C=O) groups excluding carboxylic acids is 1. The maximum atomic E-state index is 11.9. The number of amides is 1. The Hall–Kier alpha value is -2.61. The largest absolute Gasteiger partial charge is 0.490 e. The maximum Gasteiger partial charge on any atom is 0.490 e. The van der Waals surface area contributed by atoms with Crippen molar-refractivity contribution in [3.05, 3.63) is 48.0 Å². The summed E-state index contributed by atoms with van der Waals surface area (Å²) in [4.78, 5) is 20.8. The topological polar surface area (TPSA) is 92.4 Å². The zero-order chi connectivity index (χ0) is 19.9. The predicted octanol–water partition coefficient (Wildman–Crippen LogP) is 3.07. The molecule has 2 aromatic carbocycles. The highest BCUT2D eigenvalue weighted by atomic mass is 19.4. The fourth-order valence-electron chi connectivity index (χ4n) is 2.05. The third-order valence-electron chi connectivity index (χ3n) is 3.60. The summed E-state index contributed by atoms with van der Waals surface area (Å²) in [7, 11) is 0. The van der Waals surface area contributed by atoms with E-state index in [0.29, 0.717) is 6.54 Å². The number of hydrogen-bond donors (Lipinski definition) is 3. The average molecular weight is 370 g/mol. The van der Waals surface area contributed by atoms with Gasteiger partial charge in [-0.1, -0.05) is 56.3 Å². The average Bonchev–Trinajstić information content (AvgIpc) is 2.58. The fraction of sp³-hybridized carbons (Fsp3) is 0.333. The van der Waals surface area contributed by atoms with Gasteiger partial charge in [0.1, 0.15) is 0 Å². The molecule has 0 aliphatic heterocycles. The molecular weight excluding hydrogens is 349 g/mol. The summed E-state index contributed by atoms with van der Waals surface area (Å²) in [6.07, 6.45) is -5.08. The molecule has 1 amide bonds. The molecule has 2 rings (SSSR count). The highest BCUT2D eigenvalue weighted by molar-refractivity contribution is 5.86. The summed E-state index contributed by atoms with van der Waals surface area (Å²) in [6.45, 7) is 4.41. The van der Waals surface area contributed by atoms with E-state index in [-0.39, 0.29) is 11.8 Å². The van der Waals surface area contributed by atoms with Gasteiger partial charge in [0.2, 0.25) is 5.91 Å². The summed E-state index contributed by atoms with van der Waals surface area (Å²) in [5.74, 6) is -2.71. The molecule has 0 aromatic heterocycles. The van der Waals surface area contributed by atoms with Crippen LogP contribution in [0.2, 0.25) is 0 Å². The standard InChI is InChI=1S/C16H20N2O.C2HF3O2/c1-11(2)15(17)16(19)18-10-13-8-5-7-12-6-3-4-9-14(12)13;3-2(4,5)1(6)7/h3-9,11,15H,10,17H2,1-2H3,(H,18,19);(H,6,7). The Labute approximate surface area is 149 Å². The van der Waals surface area contributed by atoms with Gasteiger partial charge in [-0.25, -0.2) is 4.79 Å². The van der Waals surface area contributed by atoms with Crippen molar-refractivity contribution in [2.75, 3.05) is 0 Å². The Morgan fingerprint density at radius 2 is 1.65 bits per heavy atom. The molecule has 0 saturated heterocycles. The lowest BCUT2D eigenvalue weighted by Gasteiger charge is -2.16. The minimum Gasteiger partial charge on any atom is -0.475 e. The van der Waals surface area contributed by atoms with Crippen LogP contribution in [0, 0.1) is 5.92 Å². The quantitative estimate of drug-likeness (QED) is 0.771. The van der Waals surface area contributed by atoms with Crippen LogP contribution >= 0.6 is 0 Å². The fourth-order valence-corrected chi connectivity index (χ4v) is 2.05. The van der Waals surface area contributed by atoms with Crippen LogP contribution in [-0.2, 0) is 16.1 Å². The SMILES string of the molecule is CC(C)C(N)C(=O)NCc1cccc2ccccc12.O=C(O)C(F)(F)F. The highest BCUT2D eigenvalue weighted by Gasteiger charge is 2.38. The number of carboxylic acid groups (broad SMARTS) is 1. The second kappa shape index (κ2) is 9.19. The zero-order valence-electron chi connectivity index (χ0n) is 14.4. The first-order valence-corrected chi connectivity index (χ1v) is 7.84. The van der Waals surface area contributed by atoms with Crippen LogP contribution in [0.1, 0.15) is 19.4 Å². The van der Waals surface area contributed by atoms with E-state index < -0.39 is 18.2 Å². The summed E-state index contributed by atoms with van der Waals surface area (Å²) in [6, 6.07) is 13.8. The van der Waals surface area contributed by atoms with Crippen LogP contribution in [-0.4, -0.2) is 29.2 Å². The van der Waals surface area contributed by atoms with Crippen molar-refractivity contribution in [2.24, 2.45) is 11.7 Å². The Kier molecular flexibility index (Phi) is 7.57. The van der Waals surface area contributed by atoms with E-state index in [4.69, 9.17) is 15.6 Å². The first kappa shape index (κ1) is 21.4. The first-order valence-electron chi connectivity index (χ1n) is 7.84. The number of nitrogens with two attached hydrogens (primary N) is 1. The lowest BCUT2D eigenvalue weighted by atomic mass is 10.0. The van der Waals surface area contributed by atoms with Crippen molar-refractivity contribution in [1.82, 2.24) is 5.32 Å². The molecule has 0 aliphatic carbocycles. The number of benzene rings is 2. The number of halogens is 3. The molecule has 0 radical (unpaired) electrons. The van der Waals surface area contributed by atoms with Crippen molar-refractivity contribution in [2.45, 2.75) is 32.6 Å². The molecule has 5 nitrogen and oxygen atoms in total. The molecule has 2 aromatic rings. The van der Waals surface area contributed by atoms with E-state index in [9.17, 15) is 18.0 Å². The lowest BCUT2D eigenvalue weighted by molar-refractivity contribution is -0.192. The van der Waals surface area contributed by atoms with Gasteiger partial charge < -0.3 is 16.2 Å². The third kappa shape index (κ3) is 6.36. The first-order chi connectivity index (χ1) is 12.0. The van der Waals surface area contributed by atoms with Crippen LogP contribution in [0.15, 0.2) is 42.5 Å². The number of hydrogen-bond acceptors (Lipinski definition) is 3. The Morgan fingerprint density at radius 1 is 1.12 bits per heavy atom. The summed E-state index contributed by atoms with van der Waals surface area (Å²) in [5.41, 5.74) is 6.94. The molecule has 0 fully saturated rings. The predicted molar refractivity (Wildman–Crippen MR) is 92.3 cm³/mol. The highest BCUT2D eigenvalue weighted by Crippen LogP contribution is 2.18. The Bertz CT molecular complexity index is 755. The smallest absolute Gasteiger partial charge is 0.475 e.